The van der Waals surface area contributed by atoms with E-state index in [0.29, 0.717) is 24.7 Å². The van der Waals surface area contributed by atoms with Crippen LogP contribution in [0.2, 0.25) is 0 Å². The largest absolute Gasteiger partial charge is 0.504 e. The van der Waals surface area contributed by atoms with Gasteiger partial charge in [-0.3, -0.25) is 20.2 Å². The van der Waals surface area contributed by atoms with E-state index in [4.69, 9.17) is 14.2 Å². The lowest BCUT2D eigenvalue weighted by Crippen LogP contribution is -2.15. The SMILES string of the molecule is CN(C)CCCOc1ccc([N+](=O)[O-])cc1O.COc1cc([N+](=O)[O-])ccc1OCCCN(C)C. The number of aromatic hydroxyl groups is 1. The van der Waals surface area contributed by atoms with Crippen molar-refractivity contribution in [3.63, 3.8) is 0 Å². The molecule has 1 N–H and O–H groups in total. The molecule has 0 saturated heterocycles. The highest BCUT2D eigenvalue weighted by Gasteiger charge is 2.12. The Balaban J connectivity index is 0.000000351. The van der Waals surface area contributed by atoms with Crippen LogP contribution < -0.4 is 14.2 Å². The summed E-state index contributed by atoms with van der Waals surface area (Å²) in [6.45, 7) is 2.82. The summed E-state index contributed by atoms with van der Waals surface area (Å²) in [6.07, 6.45) is 1.70. The van der Waals surface area contributed by atoms with Gasteiger partial charge in [-0.2, -0.15) is 0 Å². The molecule has 0 amide bonds. The first kappa shape index (κ1) is 29.4. The maximum Gasteiger partial charge on any atom is 0.273 e. The van der Waals surface area contributed by atoms with Crippen molar-refractivity contribution in [3.8, 4) is 23.0 Å². The van der Waals surface area contributed by atoms with Gasteiger partial charge >= 0.3 is 0 Å². The molecular formula is C23H34N4O8. The third-order valence-electron chi connectivity index (χ3n) is 4.53. The number of nitrogens with zero attached hydrogens (tertiary/aromatic N) is 4. The van der Waals surface area contributed by atoms with Crippen LogP contribution in [0.15, 0.2) is 36.4 Å². The van der Waals surface area contributed by atoms with Crippen LogP contribution in [0.5, 0.6) is 23.0 Å². The van der Waals surface area contributed by atoms with Crippen LogP contribution >= 0.6 is 0 Å². The number of rotatable bonds is 13. The molecule has 0 spiro atoms. The number of non-ortho nitro benzene ring substituents is 2. The van der Waals surface area contributed by atoms with Gasteiger partial charge in [-0.25, -0.2) is 0 Å². The van der Waals surface area contributed by atoms with E-state index >= 15 is 0 Å². The number of phenols is 1. The quantitative estimate of drug-likeness (QED) is 0.249. The van der Waals surface area contributed by atoms with Gasteiger partial charge in [0.25, 0.3) is 11.4 Å². The van der Waals surface area contributed by atoms with Crippen molar-refractivity contribution in [1.29, 1.82) is 0 Å². The monoisotopic (exact) mass is 494 g/mol. The molecule has 0 bridgehead atoms. The molecule has 12 nitrogen and oxygen atoms in total. The first-order chi connectivity index (χ1) is 16.5. The van der Waals surface area contributed by atoms with E-state index in [1.54, 1.807) is 6.07 Å². The van der Waals surface area contributed by atoms with Crippen LogP contribution in [-0.4, -0.2) is 86.4 Å². The number of nitro benzene ring substituents is 2. The summed E-state index contributed by atoms with van der Waals surface area (Å²) in [5.41, 5.74) is -0.157. The van der Waals surface area contributed by atoms with E-state index in [-0.39, 0.29) is 22.9 Å². The summed E-state index contributed by atoms with van der Waals surface area (Å²) in [7, 11) is 9.37. The molecule has 0 saturated carbocycles. The van der Waals surface area contributed by atoms with Crippen molar-refractivity contribution in [1.82, 2.24) is 9.80 Å². The molecule has 2 aromatic rings. The van der Waals surface area contributed by atoms with Crippen molar-refractivity contribution in [2.75, 3.05) is 61.6 Å². The van der Waals surface area contributed by atoms with E-state index in [0.717, 1.165) is 32.0 Å². The van der Waals surface area contributed by atoms with Crippen molar-refractivity contribution >= 4 is 11.4 Å². The zero-order chi connectivity index (χ0) is 26.4. The lowest BCUT2D eigenvalue weighted by Gasteiger charge is -2.12. The van der Waals surface area contributed by atoms with Gasteiger partial charge in [0.05, 0.1) is 42.3 Å². The number of hydrogen-bond acceptors (Lipinski definition) is 10. The topological polar surface area (TPSA) is 141 Å². The number of ether oxygens (including phenoxy) is 3. The minimum Gasteiger partial charge on any atom is -0.504 e. The molecule has 194 valence electrons. The average molecular weight is 495 g/mol. The third kappa shape index (κ3) is 11.4. The zero-order valence-electron chi connectivity index (χ0n) is 20.8. The highest BCUT2D eigenvalue weighted by Crippen LogP contribution is 2.31. The molecule has 0 aliphatic heterocycles. The van der Waals surface area contributed by atoms with Crippen LogP contribution in [0.25, 0.3) is 0 Å². The molecule has 12 heteroatoms. The van der Waals surface area contributed by atoms with Crippen LogP contribution in [0.3, 0.4) is 0 Å². The molecule has 35 heavy (non-hydrogen) atoms. The first-order valence-corrected chi connectivity index (χ1v) is 10.9. The number of methoxy groups -OCH3 is 1. The van der Waals surface area contributed by atoms with Crippen molar-refractivity contribution in [3.05, 3.63) is 56.6 Å². The molecule has 0 aromatic heterocycles. The second-order valence-electron chi connectivity index (χ2n) is 8.01. The van der Waals surface area contributed by atoms with Crippen molar-refractivity contribution in [2.45, 2.75) is 12.8 Å². The minimum absolute atomic E-state index is 0.00695. The molecule has 0 aliphatic carbocycles. The Labute approximate surface area is 204 Å². The standard InChI is InChI=1S/C12H18N2O4.C11H16N2O4/c1-13(2)7-4-8-18-11-6-5-10(14(15)16)9-12(11)17-3;1-12(2)6-3-7-17-11-5-4-9(13(15)16)8-10(11)14/h5-6,9H,4,7-8H2,1-3H3;4-5,8,14H,3,6-7H2,1-2H3. The van der Waals surface area contributed by atoms with Crippen LogP contribution in [0.1, 0.15) is 12.8 Å². The Morgan fingerprint density at radius 2 is 1.23 bits per heavy atom. The van der Waals surface area contributed by atoms with E-state index in [1.165, 1.54) is 31.4 Å². The first-order valence-electron chi connectivity index (χ1n) is 10.9. The third-order valence-corrected chi connectivity index (χ3v) is 4.53. The van der Waals surface area contributed by atoms with Crippen LogP contribution in [0.4, 0.5) is 11.4 Å². The van der Waals surface area contributed by atoms with Gasteiger partial charge in [-0.15, -0.1) is 0 Å². The van der Waals surface area contributed by atoms with E-state index in [1.807, 2.05) is 33.1 Å². The van der Waals surface area contributed by atoms with Gasteiger partial charge in [0.15, 0.2) is 23.0 Å². The Bertz CT molecular complexity index is 953. The normalized spacial score (nSPS) is 10.5. The number of hydrogen-bond donors (Lipinski definition) is 1. The summed E-state index contributed by atoms with van der Waals surface area (Å²) in [4.78, 5) is 24.1. The summed E-state index contributed by atoms with van der Waals surface area (Å²) >= 11 is 0. The molecule has 0 radical (unpaired) electrons. The molecule has 0 fully saturated rings. The Morgan fingerprint density at radius 3 is 1.66 bits per heavy atom. The summed E-state index contributed by atoms with van der Waals surface area (Å²) < 4.78 is 15.9. The number of benzene rings is 2. The van der Waals surface area contributed by atoms with Crippen molar-refractivity contribution in [2.24, 2.45) is 0 Å². The van der Waals surface area contributed by atoms with Gasteiger partial charge in [-0.1, -0.05) is 0 Å². The van der Waals surface area contributed by atoms with E-state index < -0.39 is 9.85 Å². The Kier molecular flexibility index (Phi) is 12.8. The second-order valence-corrected chi connectivity index (χ2v) is 8.01. The fourth-order valence-electron chi connectivity index (χ4n) is 2.76. The lowest BCUT2D eigenvalue weighted by atomic mass is 10.3. The number of phenolic OH excluding ortho intramolecular Hbond substituents is 1. The summed E-state index contributed by atoms with van der Waals surface area (Å²) in [5, 5.41) is 30.6. The Morgan fingerprint density at radius 1 is 0.771 bits per heavy atom. The molecule has 0 unspecified atom stereocenters. The van der Waals surface area contributed by atoms with Gasteiger partial charge in [0.2, 0.25) is 0 Å². The fraction of sp³-hybridized carbons (Fsp3) is 0.478. The molecule has 2 aromatic carbocycles. The van der Waals surface area contributed by atoms with Crippen molar-refractivity contribution < 1.29 is 29.2 Å². The fourth-order valence-corrected chi connectivity index (χ4v) is 2.76. The van der Waals surface area contributed by atoms with Crippen LogP contribution in [0, 0.1) is 20.2 Å². The maximum atomic E-state index is 10.6. The van der Waals surface area contributed by atoms with E-state index in [9.17, 15) is 25.3 Å². The highest BCUT2D eigenvalue weighted by atomic mass is 16.6. The summed E-state index contributed by atoms with van der Waals surface area (Å²) in [5.74, 6) is 0.981. The highest BCUT2D eigenvalue weighted by molar-refractivity contribution is 5.48. The molecule has 0 aliphatic rings. The van der Waals surface area contributed by atoms with Gasteiger partial charge in [0.1, 0.15) is 0 Å². The van der Waals surface area contributed by atoms with Gasteiger partial charge < -0.3 is 29.1 Å². The lowest BCUT2D eigenvalue weighted by molar-refractivity contribution is -0.385. The summed E-state index contributed by atoms with van der Waals surface area (Å²) in [6, 6.07) is 8.13. The molecule has 2 rings (SSSR count). The molecule has 0 atom stereocenters. The predicted molar refractivity (Wildman–Crippen MR) is 132 cm³/mol. The number of nitro groups is 2. The van der Waals surface area contributed by atoms with Gasteiger partial charge in [-0.05, 0) is 53.2 Å². The minimum atomic E-state index is -0.560. The maximum absolute atomic E-state index is 10.6. The zero-order valence-corrected chi connectivity index (χ0v) is 20.8. The molecular weight excluding hydrogens is 460 g/mol. The Hall–Kier alpha value is -3.64. The van der Waals surface area contributed by atoms with E-state index in [2.05, 4.69) is 4.90 Å². The van der Waals surface area contributed by atoms with Gasteiger partial charge in [0, 0.05) is 25.2 Å². The molecule has 0 heterocycles. The second kappa shape index (κ2) is 15.3. The predicted octanol–water partition coefficient (Wildman–Crippen LogP) is 3.56. The van der Waals surface area contributed by atoms with Crippen LogP contribution in [-0.2, 0) is 0 Å². The smallest absolute Gasteiger partial charge is 0.273 e. The average Bonchev–Trinajstić information content (AvgIpc) is 2.80.